The predicted octanol–water partition coefficient (Wildman–Crippen LogP) is 0.765. The first-order chi connectivity index (χ1) is 8.66. The minimum atomic E-state index is -0.748. The molecule has 94 valence electrons. The summed E-state index contributed by atoms with van der Waals surface area (Å²) < 4.78 is 6.96. The van der Waals surface area contributed by atoms with Gasteiger partial charge in [-0.15, -0.1) is 0 Å². The molecule has 0 aliphatic carbocycles. The van der Waals surface area contributed by atoms with E-state index in [0.717, 1.165) is 11.0 Å². The van der Waals surface area contributed by atoms with Crippen LogP contribution < -0.4 is 0 Å². The number of ketones is 1. The van der Waals surface area contributed by atoms with E-state index < -0.39 is 5.41 Å². The Labute approximate surface area is 104 Å². The average molecular weight is 246 g/mol. The van der Waals surface area contributed by atoms with Crippen molar-refractivity contribution in [1.82, 2.24) is 9.55 Å². The highest BCUT2D eigenvalue weighted by molar-refractivity contribution is 6.03. The Hall–Kier alpha value is -1.72. The van der Waals surface area contributed by atoms with Crippen LogP contribution in [0.25, 0.3) is 11.0 Å². The number of Topliss-reactive ketones (excluding diaryl/α,β-unsaturated/α-hetero) is 1. The third-order valence-electron chi connectivity index (χ3n) is 3.53. The summed E-state index contributed by atoms with van der Waals surface area (Å²) in [5, 5.41) is 9.37. The van der Waals surface area contributed by atoms with Gasteiger partial charge in [0.2, 0.25) is 0 Å². The third-order valence-corrected chi connectivity index (χ3v) is 3.53. The van der Waals surface area contributed by atoms with Crippen LogP contribution in [0.3, 0.4) is 0 Å². The van der Waals surface area contributed by atoms with Gasteiger partial charge in [0.25, 0.3) is 0 Å². The van der Waals surface area contributed by atoms with Crippen LogP contribution >= 0.6 is 0 Å². The van der Waals surface area contributed by atoms with E-state index in [9.17, 15) is 9.90 Å². The van der Waals surface area contributed by atoms with E-state index in [1.54, 1.807) is 18.5 Å². The quantitative estimate of drug-likeness (QED) is 0.812. The molecule has 2 aromatic rings. The predicted molar refractivity (Wildman–Crippen MR) is 65.4 cm³/mol. The highest BCUT2D eigenvalue weighted by atomic mass is 16.5. The largest absolute Gasteiger partial charge is 0.395 e. The number of nitrogens with zero attached hydrogens (tertiary/aromatic N) is 2. The molecule has 1 aromatic carbocycles. The van der Waals surface area contributed by atoms with Crippen LogP contribution in [0.2, 0.25) is 0 Å². The van der Waals surface area contributed by atoms with Gasteiger partial charge in [-0.1, -0.05) is 0 Å². The molecule has 0 saturated carbocycles. The highest BCUT2D eigenvalue weighted by Crippen LogP contribution is 2.31. The molecule has 5 heteroatoms. The van der Waals surface area contributed by atoms with Crippen LogP contribution in [-0.2, 0) is 11.8 Å². The zero-order chi connectivity index (χ0) is 12.8. The highest BCUT2D eigenvalue weighted by Gasteiger charge is 2.45. The summed E-state index contributed by atoms with van der Waals surface area (Å²) in [4.78, 5) is 16.6. The number of imidazole rings is 1. The number of aromatic nitrogens is 2. The van der Waals surface area contributed by atoms with Gasteiger partial charge in [-0.05, 0) is 18.2 Å². The van der Waals surface area contributed by atoms with Gasteiger partial charge < -0.3 is 14.4 Å². The molecule has 18 heavy (non-hydrogen) atoms. The summed E-state index contributed by atoms with van der Waals surface area (Å²) in [5.41, 5.74) is 1.60. The maximum atomic E-state index is 12.4. The van der Waals surface area contributed by atoms with Gasteiger partial charge in [0.15, 0.2) is 5.78 Å². The van der Waals surface area contributed by atoms with Crippen molar-refractivity contribution in [3.63, 3.8) is 0 Å². The van der Waals surface area contributed by atoms with Crippen molar-refractivity contribution >= 4 is 16.8 Å². The molecule has 1 saturated heterocycles. The maximum Gasteiger partial charge on any atom is 0.176 e. The van der Waals surface area contributed by atoms with Crippen LogP contribution in [-0.4, -0.2) is 40.3 Å². The summed E-state index contributed by atoms with van der Waals surface area (Å²) >= 11 is 0. The van der Waals surface area contributed by atoms with Crippen LogP contribution in [0.15, 0.2) is 24.5 Å². The van der Waals surface area contributed by atoms with E-state index in [2.05, 4.69) is 4.98 Å². The van der Waals surface area contributed by atoms with Crippen LogP contribution in [0.4, 0.5) is 0 Å². The van der Waals surface area contributed by atoms with Crippen molar-refractivity contribution in [2.24, 2.45) is 12.5 Å². The first kappa shape index (κ1) is 11.4. The van der Waals surface area contributed by atoms with E-state index >= 15 is 0 Å². The van der Waals surface area contributed by atoms with E-state index in [0.29, 0.717) is 18.8 Å². The van der Waals surface area contributed by atoms with Gasteiger partial charge in [0, 0.05) is 12.6 Å². The molecule has 1 aromatic heterocycles. The number of ether oxygens (including phenoxy) is 1. The van der Waals surface area contributed by atoms with Crippen molar-refractivity contribution < 1.29 is 14.6 Å². The fraction of sp³-hybridized carbons (Fsp3) is 0.385. The SMILES string of the molecule is Cn1cnc2cc(C(=O)C3(CO)COC3)ccc21. The topological polar surface area (TPSA) is 64.4 Å². The lowest BCUT2D eigenvalue weighted by molar-refractivity contribution is -0.109. The average Bonchev–Trinajstić information content (AvgIpc) is 2.70. The fourth-order valence-electron chi connectivity index (χ4n) is 2.23. The molecule has 2 heterocycles. The van der Waals surface area contributed by atoms with Crippen molar-refractivity contribution in [3.8, 4) is 0 Å². The number of hydrogen-bond acceptors (Lipinski definition) is 4. The van der Waals surface area contributed by atoms with E-state index in [1.807, 2.05) is 17.7 Å². The van der Waals surface area contributed by atoms with Gasteiger partial charge in [0.1, 0.15) is 5.41 Å². The Morgan fingerprint density at radius 3 is 2.94 bits per heavy atom. The van der Waals surface area contributed by atoms with Crippen LogP contribution in [0, 0.1) is 5.41 Å². The smallest absolute Gasteiger partial charge is 0.176 e. The maximum absolute atomic E-state index is 12.4. The second kappa shape index (κ2) is 3.90. The Bertz CT molecular complexity index is 608. The Morgan fingerprint density at radius 1 is 1.56 bits per heavy atom. The van der Waals surface area contributed by atoms with E-state index in [-0.39, 0.29) is 12.4 Å². The molecule has 5 nitrogen and oxygen atoms in total. The van der Waals surface area contributed by atoms with Crippen LogP contribution in [0.1, 0.15) is 10.4 Å². The van der Waals surface area contributed by atoms with Crippen molar-refractivity contribution in [2.75, 3.05) is 19.8 Å². The minimum Gasteiger partial charge on any atom is -0.395 e. The molecule has 1 N–H and O–H groups in total. The van der Waals surface area contributed by atoms with Crippen molar-refractivity contribution in [2.45, 2.75) is 0 Å². The zero-order valence-corrected chi connectivity index (χ0v) is 10.1. The number of carbonyl (C=O) groups is 1. The number of rotatable bonds is 3. The molecule has 0 radical (unpaired) electrons. The molecule has 0 amide bonds. The lowest BCUT2D eigenvalue weighted by Gasteiger charge is -2.38. The summed E-state index contributed by atoms with van der Waals surface area (Å²) in [6.45, 7) is 0.414. The number of hydrogen-bond donors (Lipinski definition) is 1. The molecule has 0 bridgehead atoms. The van der Waals surface area contributed by atoms with Gasteiger partial charge in [-0.2, -0.15) is 0 Å². The molecule has 1 aliphatic heterocycles. The number of aryl methyl sites for hydroxylation is 1. The molecule has 1 fully saturated rings. The molecular weight excluding hydrogens is 232 g/mol. The summed E-state index contributed by atoms with van der Waals surface area (Å²) in [6.07, 6.45) is 1.72. The summed E-state index contributed by atoms with van der Waals surface area (Å²) in [6, 6.07) is 5.43. The van der Waals surface area contributed by atoms with Gasteiger partial charge in [-0.3, -0.25) is 4.79 Å². The Kier molecular flexibility index (Phi) is 2.46. The first-order valence-corrected chi connectivity index (χ1v) is 5.81. The number of aliphatic hydroxyl groups is 1. The standard InChI is InChI=1S/C13H14N2O3/c1-15-8-14-10-4-9(2-3-11(10)15)12(17)13(5-16)6-18-7-13/h2-4,8,16H,5-7H2,1H3. The molecular formula is C13H14N2O3. The van der Waals surface area contributed by atoms with Gasteiger partial charge >= 0.3 is 0 Å². The van der Waals surface area contributed by atoms with Crippen LogP contribution in [0.5, 0.6) is 0 Å². The number of fused-ring (bicyclic) bond motifs is 1. The van der Waals surface area contributed by atoms with Gasteiger partial charge in [-0.25, -0.2) is 4.98 Å². The molecule has 3 rings (SSSR count). The number of aliphatic hydroxyl groups excluding tert-OH is 1. The lowest BCUT2D eigenvalue weighted by Crippen LogP contribution is -2.51. The van der Waals surface area contributed by atoms with Crippen molar-refractivity contribution in [1.29, 1.82) is 0 Å². The molecule has 1 aliphatic rings. The monoisotopic (exact) mass is 246 g/mol. The van der Waals surface area contributed by atoms with Gasteiger partial charge in [0.05, 0.1) is 37.2 Å². The summed E-state index contributed by atoms with van der Waals surface area (Å²) in [7, 11) is 1.91. The first-order valence-electron chi connectivity index (χ1n) is 5.81. The zero-order valence-electron chi connectivity index (χ0n) is 10.1. The second-order valence-electron chi connectivity index (χ2n) is 4.82. The van der Waals surface area contributed by atoms with Crippen molar-refractivity contribution in [3.05, 3.63) is 30.1 Å². The van der Waals surface area contributed by atoms with E-state index in [1.165, 1.54) is 0 Å². The van der Waals surface area contributed by atoms with E-state index in [4.69, 9.17) is 4.74 Å². The normalized spacial score (nSPS) is 17.7. The molecule has 0 atom stereocenters. The molecule has 0 spiro atoms. The fourth-order valence-corrected chi connectivity index (χ4v) is 2.23. The summed E-state index contributed by atoms with van der Waals surface area (Å²) in [5.74, 6) is -0.0659. The lowest BCUT2D eigenvalue weighted by atomic mass is 9.79. The number of carbonyl (C=O) groups excluding carboxylic acids is 1. The molecule has 0 unspecified atom stereocenters. The minimum absolute atomic E-state index is 0.0659. The Balaban J connectivity index is 2.01. The second-order valence-corrected chi connectivity index (χ2v) is 4.82. The number of benzene rings is 1. The third kappa shape index (κ3) is 1.48. The Morgan fingerprint density at radius 2 is 2.33 bits per heavy atom.